The number of halogens is 4. The molecular formula is C13H9BrF3NO. The largest absolute Gasteiger partial charge is 0.437 e. The molecule has 2 nitrogen and oxygen atoms in total. The van der Waals surface area contributed by atoms with Crippen LogP contribution < -0.4 is 4.74 Å². The summed E-state index contributed by atoms with van der Waals surface area (Å²) in [6, 6.07) is 7.25. The summed E-state index contributed by atoms with van der Waals surface area (Å²) >= 11 is 3.25. The van der Waals surface area contributed by atoms with Gasteiger partial charge in [-0.1, -0.05) is 6.07 Å². The summed E-state index contributed by atoms with van der Waals surface area (Å²) in [5.41, 5.74) is 0.0683. The molecule has 1 aromatic carbocycles. The third kappa shape index (κ3) is 3.26. The van der Waals surface area contributed by atoms with Gasteiger partial charge in [-0.3, -0.25) is 0 Å². The molecule has 0 aliphatic carbocycles. The number of benzene rings is 1. The first-order chi connectivity index (χ1) is 8.88. The number of aryl methyl sites for hydroxylation is 1. The molecule has 0 N–H and O–H groups in total. The Bertz CT molecular complexity index is 599. The number of rotatable bonds is 2. The van der Waals surface area contributed by atoms with Crippen molar-refractivity contribution < 1.29 is 17.9 Å². The van der Waals surface area contributed by atoms with Crippen LogP contribution in [0.4, 0.5) is 13.2 Å². The summed E-state index contributed by atoms with van der Waals surface area (Å²) in [6.45, 7) is 1.87. The standard InChI is InChI=1S/C13H9BrF3NO/c1-8-4-5-11(10(14)7-8)19-12-9(13(15,16)17)3-2-6-18-12/h2-7H,1H3. The molecule has 2 rings (SSSR count). The van der Waals surface area contributed by atoms with Gasteiger partial charge in [-0.15, -0.1) is 0 Å². The molecule has 6 heteroatoms. The highest BCUT2D eigenvalue weighted by molar-refractivity contribution is 9.10. The molecule has 100 valence electrons. The molecular weight excluding hydrogens is 323 g/mol. The van der Waals surface area contributed by atoms with Gasteiger partial charge in [0.2, 0.25) is 5.88 Å². The number of hydrogen-bond acceptors (Lipinski definition) is 2. The van der Waals surface area contributed by atoms with E-state index >= 15 is 0 Å². The van der Waals surface area contributed by atoms with Crippen molar-refractivity contribution in [1.82, 2.24) is 4.98 Å². The Morgan fingerprint density at radius 3 is 2.58 bits per heavy atom. The molecule has 1 heterocycles. The van der Waals surface area contributed by atoms with Gasteiger partial charge in [0.05, 0.1) is 4.47 Å². The van der Waals surface area contributed by atoms with Crippen LogP contribution in [0.1, 0.15) is 11.1 Å². The minimum atomic E-state index is -4.50. The molecule has 0 radical (unpaired) electrons. The Morgan fingerprint density at radius 1 is 1.21 bits per heavy atom. The summed E-state index contributed by atoms with van der Waals surface area (Å²) in [4.78, 5) is 3.64. The maximum atomic E-state index is 12.8. The maximum absolute atomic E-state index is 12.8. The molecule has 0 fully saturated rings. The van der Waals surface area contributed by atoms with Crippen LogP contribution in [-0.2, 0) is 6.18 Å². The minimum Gasteiger partial charge on any atom is -0.437 e. The van der Waals surface area contributed by atoms with Crippen LogP contribution >= 0.6 is 15.9 Å². The fourth-order valence-corrected chi connectivity index (χ4v) is 2.05. The molecule has 19 heavy (non-hydrogen) atoms. The monoisotopic (exact) mass is 331 g/mol. The van der Waals surface area contributed by atoms with Gasteiger partial charge in [0.15, 0.2) is 0 Å². The van der Waals surface area contributed by atoms with Gasteiger partial charge in [-0.2, -0.15) is 13.2 Å². The van der Waals surface area contributed by atoms with Crippen molar-refractivity contribution in [2.45, 2.75) is 13.1 Å². The van der Waals surface area contributed by atoms with Gasteiger partial charge < -0.3 is 4.74 Å². The smallest absolute Gasteiger partial charge is 0.421 e. The second-order valence-corrected chi connectivity index (χ2v) is 4.74. The molecule has 0 unspecified atom stereocenters. The Hall–Kier alpha value is -1.56. The third-order valence-electron chi connectivity index (χ3n) is 2.37. The number of aromatic nitrogens is 1. The van der Waals surface area contributed by atoms with Gasteiger partial charge in [0.1, 0.15) is 11.3 Å². The van der Waals surface area contributed by atoms with E-state index in [1.54, 1.807) is 18.2 Å². The second-order valence-electron chi connectivity index (χ2n) is 3.89. The highest BCUT2D eigenvalue weighted by Crippen LogP contribution is 2.38. The molecule has 0 bridgehead atoms. The predicted octanol–water partition coefficient (Wildman–Crippen LogP) is 4.96. The SMILES string of the molecule is Cc1ccc(Oc2ncccc2C(F)(F)F)c(Br)c1. The topological polar surface area (TPSA) is 22.1 Å². The first-order valence-corrected chi connectivity index (χ1v) is 6.13. The predicted molar refractivity (Wildman–Crippen MR) is 68.2 cm³/mol. The highest BCUT2D eigenvalue weighted by Gasteiger charge is 2.35. The van der Waals surface area contributed by atoms with Gasteiger partial charge in [-0.25, -0.2) is 4.98 Å². The second kappa shape index (κ2) is 5.21. The van der Waals surface area contributed by atoms with Crippen molar-refractivity contribution in [3.05, 3.63) is 52.1 Å². The van der Waals surface area contributed by atoms with Crippen LogP contribution in [0.3, 0.4) is 0 Å². The van der Waals surface area contributed by atoms with E-state index in [1.807, 2.05) is 6.92 Å². The average Bonchev–Trinajstić information content (AvgIpc) is 2.32. The average molecular weight is 332 g/mol. The Morgan fingerprint density at radius 2 is 1.95 bits per heavy atom. The van der Waals surface area contributed by atoms with Crippen LogP contribution in [0.2, 0.25) is 0 Å². The van der Waals surface area contributed by atoms with Crippen molar-refractivity contribution in [3.63, 3.8) is 0 Å². The molecule has 1 aromatic heterocycles. The summed E-state index contributed by atoms with van der Waals surface area (Å²) in [5.74, 6) is -0.172. The third-order valence-corrected chi connectivity index (χ3v) is 2.99. The molecule has 0 spiro atoms. The van der Waals surface area contributed by atoms with Crippen molar-refractivity contribution in [3.8, 4) is 11.6 Å². The first kappa shape index (κ1) is 13.9. The first-order valence-electron chi connectivity index (χ1n) is 5.34. The molecule has 0 aliphatic rings. The number of hydrogen-bond donors (Lipinski definition) is 0. The zero-order valence-electron chi connectivity index (χ0n) is 9.83. The Labute approximate surface area is 116 Å². The van der Waals surface area contributed by atoms with E-state index in [-0.39, 0.29) is 5.75 Å². The van der Waals surface area contributed by atoms with Gasteiger partial charge >= 0.3 is 6.18 Å². The van der Waals surface area contributed by atoms with Gasteiger partial charge in [-0.05, 0) is 52.7 Å². The van der Waals surface area contributed by atoms with Crippen LogP contribution in [-0.4, -0.2) is 4.98 Å². The van der Waals surface area contributed by atoms with E-state index in [0.717, 1.165) is 11.6 Å². The van der Waals surface area contributed by atoms with E-state index in [1.165, 1.54) is 12.3 Å². The number of alkyl halides is 3. The van der Waals surface area contributed by atoms with Crippen LogP contribution in [0.15, 0.2) is 41.0 Å². The Kier molecular flexibility index (Phi) is 3.80. The zero-order valence-corrected chi connectivity index (χ0v) is 11.4. The fraction of sp³-hybridized carbons (Fsp3) is 0.154. The lowest BCUT2D eigenvalue weighted by Crippen LogP contribution is -2.08. The highest BCUT2D eigenvalue weighted by atomic mass is 79.9. The minimum absolute atomic E-state index is 0.287. The van der Waals surface area contributed by atoms with E-state index in [4.69, 9.17) is 4.74 Å². The molecule has 0 aliphatic heterocycles. The van der Waals surface area contributed by atoms with Gasteiger partial charge in [0, 0.05) is 6.20 Å². The number of pyridine rings is 1. The van der Waals surface area contributed by atoms with E-state index in [2.05, 4.69) is 20.9 Å². The number of ether oxygens (including phenoxy) is 1. The van der Waals surface area contributed by atoms with E-state index in [0.29, 0.717) is 4.47 Å². The summed E-state index contributed by atoms with van der Waals surface area (Å²) < 4.78 is 44.2. The van der Waals surface area contributed by atoms with Gasteiger partial charge in [0.25, 0.3) is 0 Å². The van der Waals surface area contributed by atoms with E-state index < -0.39 is 17.6 Å². The molecule has 0 amide bonds. The summed E-state index contributed by atoms with van der Waals surface area (Å²) in [5, 5.41) is 0. The fourth-order valence-electron chi connectivity index (χ4n) is 1.48. The molecule has 0 atom stereocenters. The van der Waals surface area contributed by atoms with Crippen molar-refractivity contribution in [1.29, 1.82) is 0 Å². The quantitative estimate of drug-likeness (QED) is 0.775. The lowest BCUT2D eigenvalue weighted by molar-refractivity contribution is -0.138. The Balaban J connectivity index is 2.39. The van der Waals surface area contributed by atoms with Crippen molar-refractivity contribution in [2.75, 3.05) is 0 Å². The zero-order chi connectivity index (χ0) is 14.0. The molecule has 0 saturated carbocycles. The van der Waals surface area contributed by atoms with Crippen molar-refractivity contribution >= 4 is 15.9 Å². The van der Waals surface area contributed by atoms with E-state index in [9.17, 15) is 13.2 Å². The van der Waals surface area contributed by atoms with Crippen LogP contribution in [0, 0.1) is 6.92 Å². The molecule has 0 saturated heterocycles. The van der Waals surface area contributed by atoms with Crippen LogP contribution in [0.5, 0.6) is 11.6 Å². The summed E-state index contributed by atoms with van der Waals surface area (Å²) in [7, 11) is 0. The lowest BCUT2D eigenvalue weighted by atomic mass is 10.2. The normalized spacial score (nSPS) is 11.4. The maximum Gasteiger partial charge on any atom is 0.421 e. The number of nitrogens with zero attached hydrogens (tertiary/aromatic N) is 1. The summed E-state index contributed by atoms with van der Waals surface area (Å²) in [6.07, 6.45) is -3.24. The van der Waals surface area contributed by atoms with Crippen molar-refractivity contribution in [2.24, 2.45) is 0 Å². The van der Waals surface area contributed by atoms with Crippen LogP contribution in [0.25, 0.3) is 0 Å². The molecule has 2 aromatic rings. The lowest BCUT2D eigenvalue weighted by Gasteiger charge is -2.13.